The summed E-state index contributed by atoms with van der Waals surface area (Å²) in [5.74, 6) is 0.205. The van der Waals surface area contributed by atoms with Gasteiger partial charge in [-0.25, -0.2) is 0 Å². The van der Waals surface area contributed by atoms with Crippen molar-refractivity contribution in [1.29, 1.82) is 0 Å². The highest BCUT2D eigenvalue weighted by Crippen LogP contribution is 2.27. The first-order valence-electron chi connectivity index (χ1n) is 8.73. The molecule has 1 aliphatic heterocycles. The molecular weight excluding hydrogens is 356 g/mol. The number of nitrogens with one attached hydrogen (secondary N) is 1. The SMILES string of the molecule is COc1cccc(N2N=C(NC(C)=O)/C(=C/c3ccc(N(C)C)cc3)C2=O)c1. The minimum atomic E-state index is -0.325. The average molecular weight is 378 g/mol. The molecule has 7 nitrogen and oxygen atoms in total. The largest absolute Gasteiger partial charge is 0.497 e. The van der Waals surface area contributed by atoms with Crippen LogP contribution in [0.5, 0.6) is 5.75 Å². The molecule has 3 rings (SSSR count). The van der Waals surface area contributed by atoms with E-state index in [0.29, 0.717) is 17.0 Å². The van der Waals surface area contributed by atoms with Crippen molar-refractivity contribution >= 4 is 35.1 Å². The summed E-state index contributed by atoms with van der Waals surface area (Å²) in [5.41, 5.74) is 2.75. The van der Waals surface area contributed by atoms with Crippen molar-refractivity contribution in [1.82, 2.24) is 5.32 Å². The van der Waals surface area contributed by atoms with Gasteiger partial charge in [-0.15, -0.1) is 5.10 Å². The lowest BCUT2D eigenvalue weighted by Crippen LogP contribution is -2.29. The predicted molar refractivity (Wildman–Crippen MR) is 110 cm³/mol. The van der Waals surface area contributed by atoms with Crippen LogP contribution in [-0.4, -0.2) is 38.9 Å². The van der Waals surface area contributed by atoms with Crippen LogP contribution < -0.4 is 20.0 Å². The lowest BCUT2D eigenvalue weighted by atomic mass is 10.1. The third-order valence-electron chi connectivity index (χ3n) is 4.19. The maximum Gasteiger partial charge on any atom is 0.282 e. The van der Waals surface area contributed by atoms with Crippen LogP contribution in [-0.2, 0) is 9.59 Å². The Kier molecular flexibility index (Phi) is 5.44. The standard InChI is InChI=1S/C21H22N4O3/c1-14(26)22-20-19(12-15-8-10-16(11-9-15)24(2)3)21(27)25(23-20)17-6-5-7-18(13-17)28-4/h5-13H,1-4H3,(H,22,23,26)/b19-12-. The van der Waals surface area contributed by atoms with Crippen LogP contribution in [0.15, 0.2) is 59.2 Å². The summed E-state index contributed by atoms with van der Waals surface area (Å²) in [4.78, 5) is 26.6. The Morgan fingerprint density at radius 3 is 2.50 bits per heavy atom. The van der Waals surface area contributed by atoms with E-state index < -0.39 is 0 Å². The third-order valence-corrected chi connectivity index (χ3v) is 4.19. The van der Waals surface area contributed by atoms with Crippen LogP contribution in [0.25, 0.3) is 6.08 Å². The molecule has 0 unspecified atom stereocenters. The molecule has 2 amide bonds. The fraction of sp³-hybridized carbons (Fsp3) is 0.190. The van der Waals surface area contributed by atoms with E-state index in [9.17, 15) is 9.59 Å². The number of hydrazone groups is 1. The maximum absolute atomic E-state index is 13.0. The number of anilines is 2. The van der Waals surface area contributed by atoms with Gasteiger partial charge in [0.15, 0.2) is 5.84 Å². The van der Waals surface area contributed by atoms with Gasteiger partial charge in [0.05, 0.1) is 18.4 Å². The minimum Gasteiger partial charge on any atom is -0.497 e. The molecule has 28 heavy (non-hydrogen) atoms. The summed E-state index contributed by atoms with van der Waals surface area (Å²) in [5, 5.41) is 8.21. The van der Waals surface area contributed by atoms with Crippen molar-refractivity contribution < 1.29 is 14.3 Å². The predicted octanol–water partition coefficient (Wildman–Crippen LogP) is 2.64. The second-order valence-electron chi connectivity index (χ2n) is 6.49. The van der Waals surface area contributed by atoms with E-state index in [-0.39, 0.29) is 17.6 Å². The minimum absolute atomic E-state index is 0.219. The second kappa shape index (κ2) is 7.96. The topological polar surface area (TPSA) is 74.2 Å². The van der Waals surface area contributed by atoms with Crippen molar-refractivity contribution in [2.75, 3.05) is 31.1 Å². The van der Waals surface area contributed by atoms with Gasteiger partial charge in [-0.1, -0.05) is 18.2 Å². The zero-order chi connectivity index (χ0) is 20.3. The first-order chi connectivity index (χ1) is 13.4. The zero-order valence-corrected chi connectivity index (χ0v) is 16.3. The summed E-state index contributed by atoms with van der Waals surface area (Å²) in [7, 11) is 5.47. The Balaban J connectivity index is 1.98. The highest BCUT2D eigenvalue weighted by atomic mass is 16.5. The molecule has 2 aromatic rings. The number of hydrogen-bond donors (Lipinski definition) is 1. The van der Waals surface area contributed by atoms with E-state index in [1.54, 1.807) is 37.5 Å². The molecule has 0 aromatic heterocycles. The van der Waals surface area contributed by atoms with E-state index in [1.165, 1.54) is 11.9 Å². The molecule has 1 N–H and O–H groups in total. The van der Waals surface area contributed by atoms with Gasteiger partial charge in [0.1, 0.15) is 5.75 Å². The van der Waals surface area contributed by atoms with Crippen molar-refractivity contribution in [2.45, 2.75) is 6.92 Å². The molecule has 0 atom stereocenters. The Morgan fingerprint density at radius 1 is 1.18 bits per heavy atom. The molecule has 7 heteroatoms. The van der Waals surface area contributed by atoms with Crippen LogP contribution >= 0.6 is 0 Å². The molecule has 0 aliphatic carbocycles. The summed E-state index contributed by atoms with van der Waals surface area (Å²) in [6.07, 6.45) is 1.72. The highest BCUT2D eigenvalue weighted by Gasteiger charge is 2.32. The third kappa shape index (κ3) is 4.03. The number of carbonyl (C=O) groups is 2. The number of carbonyl (C=O) groups excluding carboxylic acids is 2. The van der Waals surface area contributed by atoms with E-state index in [4.69, 9.17) is 4.74 Å². The lowest BCUT2D eigenvalue weighted by Gasteiger charge is -2.13. The Labute approximate surface area is 163 Å². The lowest BCUT2D eigenvalue weighted by molar-refractivity contribution is -0.117. The number of amides is 2. The molecule has 144 valence electrons. The van der Waals surface area contributed by atoms with Gasteiger partial charge in [-0.3, -0.25) is 9.59 Å². The fourth-order valence-electron chi connectivity index (χ4n) is 2.76. The number of ether oxygens (including phenoxy) is 1. The molecule has 1 heterocycles. The first-order valence-corrected chi connectivity index (χ1v) is 8.73. The fourth-order valence-corrected chi connectivity index (χ4v) is 2.76. The van der Waals surface area contributed by atoms with Crippen LogP contribution in [0.1, 0.15) is 12.5 Å². The van der Waals surface area contributed by atoms with Gasteiger partial charge < -0.3 is 15.0 Å². The van der Waals surface area contributed by atoms with Gasteiger partial charge in [0.2, 0.25) is 5.91 Å². The summed E-state index contributed by atoms with van der Waals surface area (Å²) < 4.78 is 5.22. The van der Waals surface area contributed by atoms with Crippen molar-refractivity contribution in [3.05, 3.63) is 59.7 Å². The van der Waals surface area contributed by atoms with Crippen LogP contribution in [0.4, 0.5) is 11.4 Å². The Bertz CT molecular complexity index is 962. The molecule has 0 bridgehead atoms. The van der Waals surface area contributed by atoms with Gasteiger partial charge >= 0.3 is 0 Å². The van der Waals surface area contributed by atoms with E-state index in [1.807, 2.05) is 43.3 Å². The molecule has 0 saturated carbocycles. The molecule has 0 fully saturated rings. The van der Waals surface area contributed by atoms with Crippen LogP contribution in [0.3, 0.4) is 0 Å². The quantitative estimate of drug-likeness (QED) is 0.830. The van der Waals surface area contributed by atoms with Gasteiger partial charge in [-0.2, -0.15) is 5.01 Å². The number of benzene rings is 2. The van der Waals surface area contributed by atoms with Crippen molar-refractivity contribution in [2.24, 2.45) is 5.10 Å². The number of rotatable bonds is 4. The van der Waals surface area contributed by atoms with Gasteiger partial charge in [0.25, 0.3) is 5.91 Å². The second-order valence-corrected chi connectivity index (χ2v) is 6.49. The van der Waals surface area contributed by atoms with Crippen LogP contribution in [0.2, 0.25) is 0 Å². The van der Waals surface area contributed by atoms with E-state index in [0.717, 1.165) is 11.3 Å². The van der Waals surface area contributed by atoms with Gasteiger partial charge in [0, 0.05) is 32.8 Å². The Hall–Kier alpha value is -3.61. The van der Waals surface area contributed by atoms with E-state index >= 15 is 0 Å². The molecule has 0 radical (unpaired) electrons. The Morgan fingerprint density at radius 2 is 1.89 bits per heavy atom. The van der Waals surface area contributed by atoms with E-state index in [2.05, 4.69) is 10.4 Å². The highest BCUT2D eigenvalue weighted by molar-refractivity contribution is 6.34. The summed E-state index contributed by atoms with van der Waals surface area (Å²) >= 11 is 0. The molecule has 1 aliphatic rings. The summed E-state index contributed by atoms with van der Waals surface area (Å²) in [6, 6.07) is 14.8. The number of amidine groups is 1. The van der Waals surface area contributed by atoms with Crippen molar-refractivity contribution in [3.8, 4) is 5.75 Å². The number of nitrogens with zero attached hydrogens (tertiary/aromatic N) is 3. The molecule has 2 aromatic carbocycles. The molecular formula is C21H22N4O3. The smallest absolute Gasteiger partial charge is 0.282 e. The van der Waals surface area contributed by atoms with Crippen molar-refractivity contribution in [3.63, 3.8) is 0 Å². The average Bonchev–Trinajstić information content (AvgIpc) is 2.97. The van der Waals surface area contributed by atoms with Crippen LogP contribution in [0, 0.1) is 0 Å². The zero-order valence-electron chi connectivity index (χ0n) is 16.3. The first kappa shape index (κ1) is 19.2. The van der Waals surface area contributed by atoms with Gasteiger partial charge in [-0.05, 0) is 35.9 Å². The number of methoxy groups -OCH3 is 1. The normalized spacial score (nSPS) is 14.9. The monoisotopic (exact) mass is 378 g/mol. The molecule has 0 spiro atoms. The maximum atomic E-state index is 13.0. The summed E-state index contributed by atoms with van der Waals surface area (Å²) in [6.45, 7) is 1.38. The molecule has 0 saturated heterocycles. The number of hydrogen-bond acceptors (Lipinski definition) is 5.